The second kappa shape index (κ2) is 8.11. The van der Waals surface area contributed by atoms with E-state index in [4.69, 9.17) is 4.74 Å². The summed E-state index contributed by atoms with van der Waals surface area (Å²) in [5.74, 6) is -0.990. The van der Waals surface area contributed by atoms with Crippen LogP contribution in [0.3, 0.4) is 0 Å². The molecule has 0 saturated carbocycles. The first-order valence-electron chi connectivity index (χ1n) is 7.24. The number of benzene rings is 1. The van der Waals surface area contributed by atoms with Crippen molar-refractivity contribution in [3.63, 3.8) is 0 Å². The Morgan fingerprint density at radius 1 is 1.38 bits per heavy atom. The van der Waals surface area contributed by atoms with E-state index in [2.05, 4.69) is 20.9 Å². The highest BCUT2D eigenvalue weighted by molar-refractivity contribution is 9.10. The van der Waals surface area contributed by atoms with Crippen molar-refractivity contribution in [2.24, 2.45) is 5.92 Å². The zero-order chi connectivity index (χ0) is 17.9. The van der Waals surface area contributed by atoms with Crippen LogP contribution in [-0.4, -0.2) is 15.8 Å². The summed E-state index contributed by atoms with van der Waals surface area (Å²) in [6.07, 6.45) is 1.82. The van der Waals surface area contributed by atoms with Gasteiger partial charge in [-0.15, -0.1) is 0 Å². The summed E-state index contributed by atoms with van der Waals surface area (Å²) in [5, 5.41) is 0.520. The topological polar surface area (TPSA) is 44.1 Å². The number of ether oxygens (including phenoxy) is 1. The number of thioether (sulfide) groups is 1. The molecule has 0 unspecified atom stereocenters. The summed E-state index contributed by atoms with van der Waals surface area (Å²) in [5.41, 5.74) is -0.0696. The van der Waals surface area contributed by atoms with Gasteiger partial charge >= 0.3 is 0 Å². The lowest BCUT2D eigenvalue weighted by Crippen LogP contribution is -2.26. The second-order valence-corrected chi connectivity index (χ2v) is 7.12. The average molecular weight is 419 g/mol. The number of halogens is 3. The van der Waals surface area contributed by atoms with Crippen LogP contribution in [0.1, 0.15) is 19.4 Å². The molecule has 1 aromatic heterocycles. The van der Waals surface area contributed by atoms with Crippen molar-refractivity contribution in [3.8, 4) is 5.88 Å². The number of rotatable bonds is 6. The molecule has 8 heteroatoms. The molecule has 0 aliphatic heterocycles. The van der Waals surface area contributed by atoms with E-state index in [1.807, 2.05) is 20.1 Å². The zero-order valence-electron chi connectivity index (χ0n) is 13.5. The molecule has 0 aliphatic carbocycles. The Kier molecular flexibility index (Phi) is 6.40. The van der Waals surface area contributed by atoms with Gasteiger partial charge in [0.25, 0.3) is 5.56 Å². The molecule has 0 N–H and O–H groups in total. The van der Waals surface area contributed by atoms with Gasteiger partial charge in [-0.1, -0.05) is 25.6 Å². The Morgan fingerprint density at radius 2 is 2.08 bits per heavy atom. The van der Waals surface area contributed by atoms with Crippen molar-refractivity contribution in [2.45, 2.75) is 32.2 Å². The lowest BCUT2D eigenvalue weighted by molar-refractivity contribution is 0.278. The van der Waals surface area contributed by atoms with Crippen molar-refractivity contribution in [2.75, 3.05) is 6.26 Å². The van der Waals surface area contributed by atoms with Crippen LogP contribution >= 0.6 is 27.7 Å². The maximum atomic E-state index is 13.7. The Hall–Kier alpha value is -1.41. The number of hydrogen-bond donors (Lipinski definition) is 0. The molecule has 0 spiro atoms. The second-order valence-electron chi connectivity index (χ2n) is 5.55. The van der Waals surface area contributed by atoms with Gasteiger partial charge in [-0.25, -0.2) is 8.78 Å². The van der Waals surface area contributed by atoms with Crippen LogP contribution in [0, 0.1) is 17.6 Å². The minimum atomic E-state index is -0.704. The fourth-order valence-electron chi connectivity index (χ4n) is 2.06. The average Bonchev–Trinajstić information content (AvgIpc) is 2.52. The van der Waals surface area contributed by atoms with Crippen molar-refractivity contribution >= 4 is 27.7 Å². The van der Waals surface area contributed by atoms with Gasteiger partial charge < -0.3 is 4.74 Å². The van der Waals surface area contributed by atoms with Gasteiger partial charge in [-0.2, -0.15) is 4.98 Å². The van der Waals surface area contributed by atoms with E-state index in [0.717, 1.165) is 12.1 Å². The van der Waals surface area contributed by atoms with E-state index in [9.17, 15) is 13.6 Å². The first kappa shape index (κ1) is 18.9. The Bertz CT molecular complexity index is 796. The highest BCUT2D eigenvalue weighted by Crippen LogP contribution is 2.24. The lowest BCUT2D eigenvalue weighted by atomic mass is 10.2. The van der Waals surface area contributed by atoms with E-state index < -0.39 is 11.6 Å². The van der Waals surface area contributed by atoms with E-state index in [0.29, 0.717) is 11.7 Å². The number of aromatic nitrogens is 2. The molecular weight excluding hydrogens is 402 g/mol. The van der Waals surface area contributed by atoms with Crippen LogP contribution in [0.5, 0.6) is 5.88 Å². The molecule has 1 heterocycles. The largest absolute Gasteiger partial charge is 0.472 e. The molecule has 1 aromatic carbocycles. The maximum Gasteiger partial charge on any atom is 0.272 e. The van der Waals surface area contributed by atoms with Crippen LogP contribution in [0.4, 0.5) is 8.78 Å². The van der Waals surface area contributed by atoms with Crippen molar-refractivity contribution in [3.05, 3.63) is 50.2 Å². The van der Waals surface area contributed by atoms with Crippen LogP contribution in [0.15, 0.2) is 32.6 Å². The molecule has 0 amide bonds. The molecule has 0 radical (unpaired) electrons. The number of nitrogens with zero attached hydrogens (tertiary/aromatic N) is 2. The molecule has 0 saturated heterocycles. The summed E-state index contributed by atoms with van der Waals surface area (Å²) in [6, 6.07) is 3.24. The van der Waals surface area contributed by atoms with Gasteiger partial charge in [0.2, 0.25) is 5.88 Å². The monoisotopic (exact) mass is 418 g/mol. The van der Waals surface area contributed by atoms with Crippen LogP contribution in [0.2, 0.25) is 0 Å². The summed E-state index contributed by atoms with van der Waals surface area (Å²) in [4.78, 5) is 16.8. The Morgan fingerprint density at radius 3 is 2.67 bits per heavy atom. The van der Waals surface area contributed by atoms with Crippen molar-refractivity contribution in [1.29, 1.82) is 0 Å². The lowest BCUT2D eigenvalue weighted by Gasteiger charge is -2.15. The molecule has 4 nitrogen and oxygen atoms in total. The normalized spacial score (nSPS) is 11.1. The summed E-state index contributed by atoms with van der Waals surface area (Å²) < 4.78 is 33.8. The van der Waals surface area contributed by atoms with Gasteiger partial charge in [0.05, 0.1) is 0 Å². The summed E-state index contributed by atoms with van der Waals surface area (Å²) >= 11 is 4.53. The fraction of sp³-hybridized carbons (Fsp3) is 0.375. The first-order valence-corrected chi connectivity index (χ1v) is 9.26. The van der Waals surface area contributed by atoms with E-state index in [-0.39, 0.29) is 34.0 Å². The van der Waals surface area contributed by atoms with Crippen LogP contribution < -0.4 is 10.3 Å². The molecule has 2 aromatic rings. The minimum absolute atomic E-state index is 0.0908. The van der Waals surface area contributed by atoms with Gasteiger partial charge in [0.1, 0.15) is 22.7 Å². The van der Waals surface area contributed by atoms with Gasteiger partial charge in [0.15, 0.2) is 5.16 Å². The quantitative estimate of drug-likeness (QED) is 0.519. The fourth-order valence-corrected chi connectivity index (χ4v) is 3.02. The van der Waals surface area contributed by atoms with Gasteiger partial charge in [0, 0.05) is 18.2 Å². The maximum absolute atomic E-state index is 13.7. The van der Waals surface area contributed by atoms with Crippen LogP contribution in [-0.2, 0) is 13.2 Å². The third-order valence-corrected chi connectivity index (χ3v) is 4.51. The number of hydrogen-bond acceptors (Lipinski definition) is 4. The SMILES string of the molecule is CSc1nc(OCc2ccc(F)cc2F)c(Br)c(=O)n1CC(C)C. The third kappa shape index (κ3) is 4.36. The summed E-state index contributed by atoms with van der Waals surface area (Å²) in [6.45, 7) is 4.39. The Labute approximate surface area is 151 Å². The Balaban J connectivity index is 2.30. The van der Waals surface area contributed by atoms with Gasteiger partial charge in [-0.3, -0.25) is 9.36 Å². The molecule has 0 aliphatic rings. The molecule has 0 bridgehead atoms. The summed E-state index contributed by atoms with van der Waals surface area (Å²) in [7, 11) is 0. The first-order chi connectivity index (χ1) is 11.3. The highest BCUT2D eigenvalue weighted by Gasteiger charge is 2.17. The van der Waals surface area contributed by atoms with Crippen LogP contribution in [0.25, 0.3) is 0 Å². The molecular formula is C16H17BrF2N2O2S. The standard InChI is InChI=1S/C16H17BrF2N2O2S/c1-9(2)7-21-15(22)13(17)14(20-16(21)24-3)23-8-10-4-5-11(18)6-12(10)19/h4-6,9H,7-8H2,1-3H3. The predicted molar refractivity (Wildman–Crippen MR) is 93.5 cm³/mol. The molecule has 0 atom stereocenters. The minimum Gasteiger partial charge on any atom is -0.472 e. The smallest absolute Gasteiger partial charge is 0.272 e. The highest BCUT2D eigenvalue weighted by atomic mass is 79.9. The van der Waals surface area contributed by atoms with E-state index in [1.165, 1.54) is 17.8 Å². The van der Waals surface area contributed by atoms with Crippen molar-refractivity contribution in [1.82, 2.24) is 9.55 Å². The third-order valence-electron chi connectivity index (χ3n) is 3.16. The molecule has 0 fully saturated rings. The van der Waals surface area contributed by atoms with E-state index in [1.54, 1.807) is 4.57 Å². The molecule has 130 valence electrons. The predicted octanol–water partition coefficient (Wildman–Crippen LogP) is 4.24. The van der Waals surface area contributed by atoms with Gasteiger partial charge in [-0.05, 0) is 40.2 Å². The molecule has 2 rings (SSSR count). The van der Waals surface area contributed by atoms with Crippen molar-refractivity contribution < 1.29 is 13.5 Å². The zero-order valence-corrected chi connectivity index (χ0v) is 15.9. The van der Waals surface area contributed by atoms with E-state index >= 15 is 0 Å². The molecule has 24 heavy (non-hydrogen) atoms.